The Kier molecular flexibility index (Phi) is 5.23. The highest BCUT2D eigenvalue weighted by atomic mass is 32.1. The molecule has 0 atom stereocenters. The number of aromatic nitrogens is 1. The molecule has 0 aliphatic carbocycles. The average Bonchev–Trinajstić information content (AvgIpc) is 3.06. The predicted octanol–water partition coefficient (Wildman–Crippen LogP) is 5.39. The van der Waals surface area contributed by atoms with Crippen LogP contribution in [0.1, 0.15) is 16.7 Å². The number of methoxy groups -OCH3 is 1. The summed E-state index contributed by atoms with van der Waals surface area (Å²) in [4.78, 5) is 16.7. The summed E-state index contributed by atoms with van der Waals surface area (Å²) in [6.45, 7) is 6.05. The summed E-state index contributed by atoms with van der Waals surface area (Å²) in [5.74, 6) is 0.843. The molecule has 3 rings (SSSR count). The van der Waals surface area contributed by atoms with Gasteiger partial charge in [-0.2, -0.15) is 0 Å². The van der Waals surface area contributed by atoms with Crippen LogP contribution in [0.5, 0.6) is 5.75 Å². The first-order valence-corrected chi connectivity index (χ1v) is 9.10. The van der Waals surface area contributed by atoms with E-state index >= 15 is 0 Å². The van der Waals surface area contributed by atoms with Crippen LogP contribution in [-0.2, 0) is 0 Å². The molecule has 0 aliphatic rings. The van der Waals surface area contributed by atoms with Crippen molar-refractivity contribution in [1.29, 1.82) is 0 Å². The van der Waals surface area contributed by atoms with Crippen molar-refractivity contribution in [2.24, 2.45) is 0 Å². The maximum Gasteiger partial charge on any atom is 0.325 e. The molecule has 0 spiro atoms. The van der Waals surface area contributed by atoms with Gasteiger partial charge in [-0.3, -0.25) is 5.32 Å². The van der Waals surface area contributed by atoms with Gasteiger partial charge in [0.25, 0.3) is 0 Å². The van der Waals surface area contributed by atoms with Crippen molar-refractivity contribution in [3.05, 3.63) is 58.5 Å². The van der Waals surface area contributed by atoms with Crippen molar-refractivity contribution in [2.45, 2.75) is 20.8 Å². The fourth-order valence-corrected chi connectivity index (χ4v) is 3.29. The van der Waals surface area contributed by atoms with Crippen molar-refractivity contribution < 1.29 is 9.53 Å². The van der Waals surface area contributed by atoms with Gasteiger partial charge >= 0.3 is 6.03 Å². The minimum atomic E-state index is -0.305. The molecule has 2 amide bonds. The number of benzene rings is 2. The van der Waals surface area contributed by atoms with E-state index in [0.717, 1.165) is 33.8 Å². The van der Waals surface area contributed by atoms with Crippen LogP contribution in [0, 0.1) is 20.8 Å². The second-order valence-corrected chi connectivity index (χ2v) is 6.96. The summed E-state index contributed by atoms with van der Waals surface area (Å²) in [6, 6.07) is 11.4. The number of rotatable bonds is 4. The molecule has 1 aromatic heterocycles. The zero-order valence-corrected chi connectivity index (χ0v) is 16.0. The first-order chi connectivity index (χ1) is 12.5. The molecule has 134 valence electrons. The number of thiazole rings is 1. The van der Waals surface area contributed by atoms with Gasteiger partial charge in [0, 0.05) is 16.6 Å². The molecule has 26 heavy (non-hydrogen) atoms. The van der Waals surface area contributed by atoms with Crippen LogP contribution in [-0.4, -0.2) is 18.1 Å². The molecule has 2 aromatic carbocycles. The van der Waals surface area contributed by atoms with E-state index in [4.69, 9.17) is 4.74 Å². The molecule has 6 heteroatoms. The van der Waals surface area contributed by atoms with E-state index < -0.39 is 0 Å². The third-order valence-electron chi connectivity index (χ3n) is 4.18. The summed E-state index contributed by atoms with van der Waals surface area (Å²) < 4.78 is 5.28. The predicted molar refractivity (Wildman–Crippen MR) is 107 cm³/mol. The summed E-state index contributed by atoms with van der Waals surface area (Å²) >= 11 is 1.39. The number of urea groups is 1. The van der Waals surface area contributed by atoms with Gasteiger partial charge in [-0.25, -0.2) is 9.78 Å². The van der Waals surface area contributed by atoms with Crippen molar-refractivity contribution in [1.82, 2.24) is 4.98 Å². The largest absolute Gasteiger partial charge is 0.496 e. The van der Waals surface area contributed by atoms with Gasteiger partial charge in [0.1, 0.15) is 5.75 Å². The number of hydrogen-bond acceptors (Lipinski definition) is 4. The van der Waals surface area contributed by atoms with E-state index in [9.17, 15) is 4.79 Å². The van der Waals surface area contributed by atoms with Gasteiger partial charge in [-0.1, -0.05) is 6.07 Å². The van der Waals surface area contributed by atoms with Crippen LogP contribution < -0.4 is 15.4 Å². The van der Waals surface area contributed by atoms with Crippen molar-refractivity contribution in [2.75, 3.05) is 17.7 Å². The Morgan fingerprint density at radius 2 is 1.81 bits per heavy atom. The molecule has 0 saturated heterocycles. The van der Waals surface area contributed by atoms with Gasteiger partial charge in [0.2, 0.25) is 0 Å². The fourth-order valence-electron chi connectivity index (χ4n) is 2.58. The Morgan fingerprint density at radius 3 is 2.50 bits per heavy atom. The average molecular weight is 367 g/mol. The lowest BCUT2D eigenvalue weighted by Crippen LogP contribution is -2.19. The maximum atomic E-state index is 12.2. The van der Waals surface area contributed by atoms with Crippen molar-refractivity contribution >= 4 is 28.2 Å². The molecular weight excluding hydrogens is 346 g/mol. The second-order valence-electron chi connectivity index (χ2n) is 6.10. The highest BCUT2D eigenvalue weighted by molar-refractivity contribution is 7.14. The Bertz CT molecular complexity index is 950. The molecule has 1 heterocycles. The molecule has 0 bridgehead atoms. The first-order valence-electron chi connectivity index (χ1n) is 8.22. The molecular formula is C20H21N3O2S. The van der Waals surface area contributed by atoms with E-state index in [1.54, 1.807) is 7.11 Å². The highest BCUT2D eigenvalue weighted by Gasteiger charge is 2.10. The van der Waals surface area contributed by atoms with Gasteiger partial charge in [0.05, 0.1) is 12.8 Å². The molecule has 2 N–H and O–H groups in total. The molecule has 0 aliphatic heterocycles. The normalized spacial score (nSPS) is 10.5. The van der Waals surface area contributed by atoms with Gasteiger partial charge < -0.3 is 10.1 Å². The van der Waals surface area contributed by atoms with Crippen LogP contribution in [0.3, 0.4) is 0 Å². The zero-order valence-electron chi connectivity index (χ0n) is 15.2. The van der Waals surface area contributed by atoms with E-state index in [-0.39, 0.29) is 6.03 Å². The third kappa shape index (κ3) is 4.03. The Hall–Kier alpha value is -2.86. The maximum absolute atomic E-state index is 12.2. The summed E-state index contributed by atoms with van der Waals surface area (Å²) in [6.07, 6.45) is 0. The van der Waals surface area contributed by atoms with Crippen molar-refractivity contribution in [3.63, 3.8) is 0 Å². The lowest BCUT2D eigenvalue weighted by molar-refractivity contribution is 0.262. The lowest BCUT2D eigenvalue weighted by Gasteiger charge is -2.08. The molecule has 0 radical (unpaired) electrons. The highest BCUT2D eigenvalue weighted by Crippen LogP contribution is 2.28. The van der Waals surface area contributed by atoms with E-state index in [2.05, 4.69) is 15.6 Å². The number of nitrogens with one attached hydrogen (secondary N) is 2. The Morgan fingerprint density at radius 1 is 1.00 bits per heavy atom. The SMILES string of the molecule is COc1ccc(-c2csc(NC(=O)Nc3ccc(C)c(C)c3)n2)cc1C. The number of aryl methyl sites for hydroxylation is 3. The summed E-state index contributed by atoms with van der Waals surface area (Å²) in [7, 11) is 1.65. The summed E-state index contributed by atoms with van der Waals surface area (Å²) in [5, 5.41) is 8.09. The van der Waals surface area contributed by atoms with Crippen LogP contribution in [0.4, 0.5) is 15.6 Å². The number of nitrogens with zero attached hydrogens (tertiary/aromatic N) is 1. The van der Waals surface area contributed by atoms with E-state index in [0.29, 0.717) is 5.13 Å². The van der Waals surface area contributed by atoms with Crippen LogP contribution in [0.15, 0.2) is 41.8 Å². The number of amides is 2. The minimum Gasteiger partial charge on any atom is -0.496 e. The molecule has 3 aromatic rings. The number of anilines is 2. The van der Waals surface area contributed by atoms with Gasteiger partial charge in [-0.15, -0.1) is 11.3 Å². The second kappa shape index (κ2) is 7.58. The van der Waals surface area contributed by atoms with E-state index in [1.807, 2.05) is 62.5 Å². The molecule has 0 unspecified atom stereocenters. The van der Waals surface area contributed by atoms with Gasteiger partial charge in [-0.05, 0) is 67.8 Å². The van der Waals surface area contributed by atoms with Crippen LogP contribution >= 0.6 is 11.3 Å². The standard InChI is InChI=1S/C20H21N3O2S/c1-12-5-7-16(10-13(12)2)21-19(24)23-20-22-17(11-26-20)15-6-8-18(25-4)14(3)9-15/h5-11H,1-4H3,(H2,21,22,23,24). The smallest absolute Gasteiger partial charge is 0.325 e. The Labute approximate surface area is 157 Å². The summed E-state index contributed by atoms with van der Waals surface area (Å²) in [5.41, 5.74) is 5.93. The van der Waals surface area contributed by atoms with Crippen LogP contribution in [0.25, 0.3) is 11.3 Å². The monoisotopic (exact) mass is 367 g/mol. The van der Waals surface area contributed by atoms with E-state index in [1.165, 1.54) is 16.9 Å². The number of ether oxygens (including phenoxy) is 1. The molecule has 0 fully saturated rings. The quantitative estimate of drug-likeness (QED) is 0.650. The fraction of sp³-hybridized carbons (Fsp3) is 0.200. The number of carbonyl (C=O) groups is 1. The topological polar surface area (TPSA) is 63.2 Å². The third-order valence-corrected chi connectivity index (χ3v) is 4.94. The number of hydrogen-bond donors (Lipinski definition) is 2. The minimum absolute atomic E-state index is 0.305. The number of carbonyl (C=O) groups excluding carboxylic acids is 1. The zero-order chi connectivity index (χ0) is 18.7. The molecule has 0 saturated carbocycles. The molecule has 5 nitrogen and oxygen atoms in total. The van der Waals surface area contributed by atoms with Gasteiger partial charge in [0.15, 0.2) is 5.13 Å². The van der Waals surface area contributed by atoms with Crippen LogP contribution in [0.2, 0.25) is 0 Å². The van der Waals surface area contributed by atoms with Crippen molar-refractivity contribution in [3.8, 4) is 17.0 Å². The Balaban J connectivity index is 1.68. The lowest BCUT2D eigenvalue weighted by atomic mass is 10.1. The first kappa shape index (κ1) is 17.9.